The number of rotatable bonds is 1. The van der Waals surface area contributed by atoms with Crippen molar-refractivity contribution < 1.29 is 5.11 Å². The van der Waals surface area contributed by atoms with Gasteiger partial charge in [-0.05, 0) is 35.2 Å². The van der Waals surface area contributed by atoms with E-state index in [0.717, 1.165) is 12.8 Å². The molecule has 2 heteroatoms. The van der Waals surface area contributed by atoms with Crippen molar-refractivity contribution in [3.05, 3.63) is 35.2 Å². The Morgan fingerprint density at radius 1 is 1.12 bits per heavy atom. The number of hydrogen-bond donors (Lipinski definition) is 1. The van der Waals surface area contributed by atoms with Gasteiger partial charge in [-0.1, -0.05) is 31.0 Å². The van der Waals surface area contributed by atoms with E-state index in [2.05, 4.69) is 29.6 Å². The van der Waals surface area contributed by atoms with E-state index in [-0.39, 0.29) is 6.10 Å². The van der Waals surface area contributed by atoms with Crippen molar-refractivity contribution in [2.75, 3.05) is 0 Å². The highest BCUT2D eigenvalue weighted by molar-refractivity contribution is 7.17. The van der Waals surface area contributed by atoms with Gasteiger partial charge in [-0.25, -0.2) is 0 Å². The van der Waals surface area contributed by atoms with Gasteiger partial charge in [-0.3, -0.25) is 0 Å². The summed E-state index contributed by atoms with van der Waals surface area (Å²) in [7, 11) is 0. The average Bonchev–Trinajstić information content (AvgIpc) is 2.77. The van der Waals surface area contributed by atoms with Crippen LogP contribution in [0.4, 0.5) is 0 Å². The van der Waals surface area contributed by atoms with Crippen LogP contribution in [0.2, 0.25) is 0 Å². The summed E-state index contributed by atoms with van der Waals surface area (Å²) in [5.41, 5.74) is 1.36. The van der Waals surface area contributed by atoms with Gasteiger partial charge in [0.25, 0.3) is 0 Å². The van der Waals surface area contributed by atoms with Gasteiger partial charge < -0.3 is 5.11 Å². The Hall–Kier alpha value is -0.860. The minimum Gasteiger partial charge on any atom is -0.392 e. The average molecular weight is 232 g/mol. The minimum absolute atomic E-state index is 0.138. The van der Waals surface area contributed by atoms with E-state index in [0.29, 0.717) is 5.92 Å². The molecule has 0 amide bonds. The topological polar surface area (TPSA) is 20.2 Å². The molecule has 1 fully saturated rings. The lowest BCUT2D eigenvalue weighted by Crippen LogP contribution is -2.22. The first kappa shape index (κ1) is 10.3. The van der Waals surface area contributed by atoms with Crippen LogP contribution in [0, 0.1) is 0 Å². The van der Waals surface area contributed by atoms with Crippen molar-refractivity contribution in [3.63, 3.8) is 0 Å². The van der Waals surface area contributed by atoms with Crippen LogP contribution in [0.25, 0.3) is 10.1 Å². The number of thiophene rings is 1. The third-order valence-corrected chi connectivity index (χ3v) is 4.62. The molecule has 16 heavy (non-hydrogen) atoms. The molecule has 3 rings (SSSR count). The number of aliphatic hydroxyl groups is 1. The summed E-state index contributed by atoms with van der Waals surface area (Å²) in [6.45, 7) is 0. The Kier molecular flexibility index (Phi) is 2.70. The minimum atomic E-state index is -0.138. The molecule has 2 atom stereocenters. The van der Waals surface area contributed by atoms with E-state index in [1.807, 2.05) is 0 Å². The third kappa shape index (κ3) is 1.66. The van der Waals surface area contributed by atoms with Crippen molar-refractivity contribution in [2.24, 2.45) is 0 Å². The lowest BCUT2D eigenvalue weighted by Gasteiger charge is -2.28. The SMILES string of the molecule is OC1CCCCC1c1cccc2ccsc12. The first-order chi connectivity index (χ1) is 7.86. The molecular formula is C14H16OS. The molecule has 0 saturated heterocycles. The van der Waals surface area contributed by atoms with Crippen molar-refractivity contribution in [3.8, 4) is 0 Å². The molecule has 1 aliphatic carbocycles. The Bertz CT molecular complexity index is 488. The maximum absolute atomic E-state index is 10.1. The standard InChI is InChI=1S/C14H16OS/c15-13-7-2-1-5-11(13)12-6-3-4-10-8-9-16-14(10)12/h3-4,6,8-9,11,13,15H,1-2,5,7H2. The molecule has 2 unspecified atom stereocenters. The molecule has 1 nitrogen and oxygen atoms in total. The monoisotopic (exact) mass is 232 g/mol. The zero-order valence-corrected chi connectivity index (χ0v) is 10.0. The van der Waals surface area contributed by atoms with Crippen LogP contribution in [0.3, 0.4) is 0 Å². The predicted molar refractivity (Wildman–Crippen MR) is 69.0 cm³/mol. The van der Waals surface area contributed by atoms with Crippen LogP contribution in [-0.4, -0.2) is 11.2 Å². The Morgan fingerprint density at radius 3 is 2.88 bits per heavy atom. The zero-order valence-electron chi connectivity index (χ0n) is 9.23. The number of aliphatic hydroxyl groups excluding tert-OH is 1. The molecule has 1 heterocycles. The van der Waals surface area contributed by atoms with Crippen LogP contribution in [0.15, 0.2) is 29.6 Å². The van der Waals surface area contributed by atoms with E-state index in [4.69, 9.17) is 0 Å². The van der Waals surface area contributed by atoms with Crippen LogP contribution < -0.4 is 0 Å². The fourth-order valence-electron chi connectivity index (χ4n) is 2.78. The highest BCUT2D eigenvalue weighted by Crippen LogP contribution is 2.38. The van der Waals surface area contributed by atoms with E-state index >= 15 is 0 Å². The predicted octanol–water partition coefficient (Wildman–Crippen LogP) is 3.92. The van der Waals surface area contributed by atoms with Crippen LogP contribution in [0.1, 0.15) is 37.2 Å². The summed E-state index contributed by atoms with van der Waals surface area (Å²) >= 11 is 1.80. The van der Waals surface area contributed by atoms with E-state index < -0.39 is 0 Å². The normalized spacial score (nSPS) is 26.1. The van der Waals surface area contributed by atoms with E-state index in [1.54, 1.807) is 11.3 Å². The third-order valence-electron chi connectivity index (χ3n) is 3.64. The fourth-order valence-corrected chi connectivity index (χ4v) is 3.76. The molecule has 0 aliphatic heterocycles. The first-order valence-corrected chi connectivity index (χ1v) is 6.88. The van der Waals surface area contributed by atoms with Crippen LogP contribution in [-0.2, 0) is 0 Å². The largest absolute Gasteiger partial charge is 0.392 e. The van der Waals surface area contributed by atoms with Crippen LogP contribution >= 0.6 is 11.3 Å². The highest BCUT2D eigenvalue weighted by Gasteiger charge is 2.25. The van der Waals surface area contributed by atoms with Gasteiger partial charge >= 0.3 is 0 Å². The molecule has 84 valence electrons. The molecule has 1 aromatic heterocycles. The van der Waals surface area contributed by atoms with E-state index in [9.17, 15) is 5.11 Å². The molecular weight excluding hydrogens is 216 g/mol. The molecule has 0 spiro atoms. The maximum atomic E-state index is 10.1. The highest BCUT2D eigenvalue weighted by atomic mass is 32.1. The quantitative estimate of drug-likeness (QED) is 0.790. The second kappa shape index (κ2) is 4.19. The summed E-state index contributed by atoms with van der Waals surface area (Å²) in [6, 6.07) is 8.63. The van der Waals surface area contributed by atoms with Gasteiger partial charge in [0.2, 0.25) is 0 Å². The second-order valence-electron chi connectivity index (χ2n) is 4.64. The first-order valence-electron chi connectivity index (χ1n) is 6.00. The van der Waals surface area contributed by atoms with Crippen molar-refractivity contribution in [1.29, 1.82) is 0 Å². The number of fused-ring (bicyclic) bond motifs is 1. The van der Waals surface area contributed by atoms with Gasteiger partial charge in [0, 0.05) is 10.6 Å². The maximum Gasteiger partial charge on any atom is 0.0609 e. The van der Waals surface area contributed by atoms with Gasteiger partial charge in [0.1, 0.15) is 0 Å². The Labute approximate surface area is 99.7 Å². The molecule has 1 aromatic carbocycles. The second-order valence-corrected chi connectivity index (χ2v) is 5.56. The summed E-state index contributed by atoms with van der Waals surface area (Å²) in [5.74, 6) is 0.358. The number of hydrogen-bond acceptors (Lipinski definition) is 2. The van der Waals surface area contributed by atoms with Crippen LogP contribution in [0.5, 0.6) is 0 Å². The van der Waals surface area contributed by atoms with Crippen molar-refractivity contribution in [1.82, 2.24) is 0 Å². The summed E-state index contributed by atoms with van der Waals surface area (Å²) in [4.78, 5) is 0. The number of benzene rings is 1. The van der Waals surface area contributed by atoms with E-state index in [1.165, 1.54) is 28.5 Å². The van der Waals surface area contributed by atoms with Crippen molar-refractivity contribution >= 4 is 21.4 Å². The molecule has 0 bridgehead atoms. The van der Waals surface area contributed by atoms with Gasteiger partial charge in [-0.2, -0.15) is 0 Å². The van der Waals surface area contributed by atoms with Gasteiger partial charge in [0.05, 0.1) is 6.10 Å². The Balaban J connectivity index is 2.07. The van der Waals surface area contributed by atoms with Gasteiger partial charge in [-0.15, -0.1) is 11.3 Å². The molecule has 1 aliphatic rings. The summed E-state index contributed by atoms with van der Waals surface area (Å²) < 4.78 is 1.37. The molecule has 0 radical (unpaired) electrons. The lowest BCUT2D eigenvalue weighted by atomic mass is 9.81. The molecule has 1 saturated carbocycles. The Morgan fingerprint density at radius 2 is 2.00 bits per heavy atom. The molecule has 2 aromatic rings. The van der Waals surface area contributed by atoms with Gasteiger partial charge in [0.15, 0.2) is 0 Å². The summed E-state index contributed by atoms with van der Waals surface area (Å²) in [6.07, 6.45) is 4.40. The lowest BCUT2D eigenvalue weighted by molar-refractivity contribution is 0.107. The zero-order chi connectivity index (χ0) is 11.0. The fraction of sp³-hybridized carbons (Fsp3) is 0.429. The van der Waals surface area contributed by atoms with Crippen molar-refractivity contribution in [2.45, 2.75) is 37.7 Å². The smallest absolute Gasteiger partial charge is 0.0609 e. The molecule has 1 N–H and O–H groups in total. The summed E-state index contributed by atoms with van der Waals surface area (Å²) in [5, 5.41) is 13.6.